The second-order valence-corrected chi connectivity index (χ2v) is 7.47. The van der Waals surface area contributed by atoms with E-state index >= 15 is 0 Å². The Morgan fingerprint density at radius 1 is 1.19 bits per heavy atom. The largest absolute Gasteiger partial charge is 0.486 e. The molecule has 0 fully saturated rings. The van der Waals surface area contributed by atoms with Crippen molar-refractivity contribution in [2.75, 3.05) is 13.2 Å². The smallest absolute Gasteiger partial charge is 0.279 e. The lowest BCUT2D eigenvalue weighted by Gasteiger charge is -2.18. The SMILES string of the molecule is C=CCn1c(=NC(=O)c2ccc(C)c(C)c2)sc2cc3c(cc21)OCCO3. The first-order valence-electron chi connectivity index (χ1n) is 8.77. The van der Waals surface area contributed by atoms with Crippen LogP contribution in [0.1, 0.15) is 21.5 Å². The molecule has 2 heterocycles. The van der Waals surface area contributed by atoms with Gasteiger partial charge in [0.2, 0.25) is 0 Å². The molecule has 5 nitrogen and oxygen atoms in total. The zero-order valence-electron chi connectivity index (χ0n) is 15.3. The Bertz CT molecular complexity index is 1120. The van der Waals surface area contributed by atoms with E-state index in [0.29, 0.717) is 30.1 Å². The second kappa shape index (κ2) is 7.04. The van der Waals surface area contributed by atoms with Gasteiger partial charge in [0.1, 0.15) is 13.2 Å². The molecule has 6 heteroatoms. The van der Waals surface area contributed by atoms with Gasteiger partial charge in [-0.15, -0.1) is 6.58 Å². The Hall–Kier alpha value is -2.86. The Morgan fingerprint density at radius 3 is 2.63 bits per heavy atom. The molecule has 1 amide bonds. The van der Waals surface area contributed by atoms with Crippen LogP contribution in [-0.2, 0) is 6.54 Å². The van der Waals surface area contributed by atoms with Crippen molar-refractivity contribution in [1.29, 1.82) is 0 Å². The Morgan fingerprint density at radius 2 is 1.93 bits per heavy atom. The highest BCUT2D eigenvalue weighted by Crippen LogP contribution is 2.35. The van der Waals surface area contributed by atoms with Crippen molar-refractivity contribution >= 4 is 27.5 Å². The van der Waals surface area contributed by atoms with Crippen LogP contribution >= 0.6 is 11.3 Å². The number of nitrogens with zero attached hydrogens (tertiary/aromatic N) is 2. The average Bonchev–Trinajstić information content (AvgIpc) is 2.98. The van der Waals surface area contributed by atoms with E-state index in [9.17, 15) is 4.79 Å². The molecule has 1 aliphatic heterocycles. The van der Waals surface area contributed by atoms with E-state index in [2.05, 4.69) is 11.6 Å². The zero-order valence-corrected chi connectivity index (χ0v) is 16.1. The van der Waals surface area contributed by atoms with E-state index in [1.54, 1.807) is 6.08 Å². The molecule has 1 aliphatic rings. The monoisotopic (exact) mass is 380 g/mol. The molecule has 2 aromatic carbocycles. The molecule has 4 rings (SSSR count). The fourth-order valence-corrected chi connectivity index (χ4v) is 4.07. The number of allylic oxidation sites excluding steroid dienone is 1. The van der Waals surface area contributed by atoms with E-state index < -0.39 is 0 Å². The third-order valence-electron chi connectivity index (χ3n) is 4.61. The Kier molecular flexibility index (Phi) is 4.58. The van der Waals surface area contributed by atoms with Crippen molar-refractivity contribution in [3.63, 3.8) is 0 Å². The van der Waals surface area contributed by atoms with Gasteiger partial charge in [0.15, 0.2) is 16.3 Å². The summed E-state index contributed by atoms with van der Waals surface area (Å²) in [6.45, 7) is 9.48. The standard InChI is InChI=1S/C21H20N2O3S/c1-4-7-23-16-11-17-18(26-9-8-25-17)12-19(16)27-21(23)22-20(24)15-6-5-13(2)14(3)10-15/h4-6,10-12H,1,7-9H2,2-3H3. The summed E-state index contributed by atoms with van der Waals surface area (Å²) in [5, 5.41) is 0. The minimum Gasteiger partial charge on any atom is -0.486 e. The highest BCUT2D eigenvalue weighted by atomic mass is 32.1. The van der Waals surface area contributed by atoms with Crippen LogP contribution in [0.3, 0.4) is 0 Å². The lowest BCUT2D eigenvalue weighted by molar-refractivity contribution is 0.0998. The summed E-state index contributed by atoms with van der Waals surface area (Å²) in [6.07, 6.45) is 1.79. The summed E-state index contributed by atoms with van der Waals surface area (Å²) in [7, 11) is 0. The second-order valence-electron chi connectivity index (χ2n) is 6.46. The number of aromatic nitrogens is 1. The highest BCUT2D eigenvalue weighted by molar-refractivity contribution is 7.16. The summed E-state index contributed by atoms with van der Waals surface area (Å²) >= 11 is 1.46. The quantitative estimate of drug-likeness (QED) is 0.645. The normalized spacial score (nSPS) is 13.8. The van der Waals surface area contributed by atoms with Crippen LogP contribution in [0.15, 0.2) is 48.0 Å². The van der Waals surface area contributed by atoms with E-state index in [1.165, 1.54) is 11.3 Å². The summed E-state index contributed by atoms with van der Waals surface area (Å²) in [4.78, 5) is 17.7. The maximum absolute atomic E-state index is 12.7. The number of fused-ring (bicyclic) bond motifs is 2. The Balaban J connectivity index is 1.85. The van der Waals surface area contributed by atoms with Gasteiger partial charge in [0, 0.05) is 24.2 Å². The zero-order chi connectivity index (χ0) is 19.0. The number of thiazole rings is 1. The summed E-state index contributed by atoms with van der Waals surface area (Å²) in [5.41, 5.74) is 3.77. The van der Waals surface area contributed by atoms with E-state index in [0.717, 1.165) is 32.8 Å². The van der Waals surface area contributed by atoms with Gasteiger partial charge in [-0.3, -0.25) is 4.79 Å². The predicted molar refractivity (Wildman–Crippen MR) is 107 cm³/mol. The van der Waals surface area contributed by atoms with E-state index in [1.807, 2.05) is 48.7 Å². The minimum atomic E-state index is -0.250. The minimum absolute atomic E-state index is 0.250. The first kappa shape index (κ1) is 17.5. The lowest BCUT2D eigenvalue weighted by Crippen LogP contribution is -2.17. The molecular weight excluding hydrogens is 360 g/mol. The van der Waals surface area contributed by atoms with Crippen molar-refractivity contribution < 1.29 is 14.3 Å². The first-order valence-corrected chi connectivity index (χ1v) is 9.58. The molecule has 0 saturated carbocycles. The first-order chi connectivity index (χ1) is 13.1. The van der Waals surface area contributed by atoms with Gasteiger partial charge in [0.05, 0.1) is 10.2 Å². The average molecular weight is 380 g/mol. The summed E-state index contributed by atoms with van der Waals surface area (Å²) in [6, 6.07) is 9.55. The number of benzene rings is 2. The van der Waals surface area contributed by atoms with Crippen LogP contribution in [0.4, 0.5) is 0 Å². The number of ether oxygens (including phenoxy) is 2. The molecule has 0 spiro atoms. The molecule has 0 N–H and O–H groups in total. The number of hydrogen-bond donors (Lipinski definition) is 0. The van der Waals surface area contributed by atoms with Crippen LogP contribution < -0.4 is 14.3 Å². The molecule has 0 aliphatic carbocycles. The number of hydrogen-bond acceptors (Lipinski definition) is 4. The van der Waals surface area contributed by atoms with Crippen molar-refractivity contribution in [2.45, 2.75) is 20.4 Å². The maximum atomic E-state index is 12.7. The number of rotatable bonds is 3. The number of aryl methyl sites for hydroxylation is 2. The van der Waals surface area contributed by atoms with Crippen molar-refractivity contribution in [3.05, 3.63) is 64.5 Å². The maximum Gasteiger partial charge on any atom is 0.279 e. The van der Waals surface area contributed by atoms with Crippen LogP contribution in [0.2, 0.25) is 0 Å². The van der Waals surface area contributed by atoms with Crippen LogP contribution in [0, 0.1) is 13.8 Å². The molecule has 1 aromatic heterocycles. The summed E-state index contributed by atoms with van der Waals surface area (Å²) in [5.74, 6) is 1.20. The highest BCUT2D eigenvalue weighted by Gasteiger charge is 2.16. The van der Waals surface area contributed by atoms with Gasteiger partial charge in [0.25, 0.3) is 5.91 Å². The number of amides is 1. The third-order valence-corrected chi connectivity index (χ3v) is 5.65. The van der Waals surface area contributed by atoms with Gasteiger partial charge < -0.3 is 14.0 Å². The third kappa shape index (κ3) is 3.28. The molecule has 0 radical (unpaired) electrons. The molecule has 0 bridgehead atoms. The molecule has 0 saturated heterocycles. The molecule has 138 valence electrons. The fourth-order valence-electron chi connectivity index (χ4n) is 3.02. The van der Waals surface area contributed by atoms with Crippen LogP contribution in [-0.4, -0.2) is 23.7 Å². The van der Waals surface area contributed by atoms with Crippen LogP contribution in [0.25, 0.3) is 10.2 Å². The van der Waals surface area contributed by atoms with Crippen molar-refractivity contribution in [3.8, 4) is 11.5 Å². The van der Waals surface area contributed by atoms with Gasteiger partial charge in [-0.25, -0.2) is 0 Å². The number of carbonyl (C=O) groups excluding carboxylic acids is 1. The molecule has 0 unspecified atom stereocenters. The van der Waals surface area contributed by atoms with Crippen LogP contribution in [0.5, 0.6) is 11.5 Å². The van der Waals surface area contributed by atoms with E-state index in [-0.39, 0.29) is 5.91 Å². The van der Waals surface area contributed by atoms with Gasteiger partial charge in [-0.05, 0) is 37.1 Å². The summed E-state index contributed by atoms with van der Waals surface area (Å²) < 4.78 is 14.3. The van der Waals surface area contributed by atoms with Gasteiger partial charge >= 0.3 is 0 Å². The molecule has 27 heavy (non-hydrogen) atoms. The molecular formula is C21H20N2O3S. The van der Waals surface area contributed by atoms with Gasteiger partial charge in [-0.1, -0.05) is 23.5 Å². The van der Waals surface area contributed by atoms with Crippen molar-refractivity contribution in [2.24, 2.45) is 4.99 Å². The van der Waals surface area contributed by atoms with E-state index in [4.69, 9.17) is 9.47 Å². The lowest BCUT2D eigenvalue weighted by atomic mass is 10.1. The van der Waals surface area contributed by atoms with Crippen molar-refractivity contribution in [1.82, 2.24) is 4.57 Å². The topological polar surface area (TPSA) is 52.8 Å². The fraction of sp³-hybridized carbons (Fsp3) is 0.238. The Labute approximate surface area is 161 Å². The predicted octanol–water partition coefficient (Wildman–Crippen LogP) is 4.02. The van der Waals surface area contributed by atoms with Gasteiger partial charge in [-0.2, -0.15) is 4.99 Å². The molecule has 3 aromatic rings. The molecule has 0 atom stereocenters. The number of carbonyl (C=O) groups is 1.